The molecule has 176 valence electrons. The maximum absolute atomic E-state index is 13.2. The molecule has 7 nitrogen and oxygen atoms in total. The van der Waals surface area contributed by atoms with Crippen LogP contribution in [0, 0.1) is 22.7 Å². The summed E-state index contributed by atoms with van der Waals surface area (Å²) in [4.78, 5) is 18.1. The molecule has 2 aromatic heterocycles. The van der Waals surface area contributed by atoms with Crippen molar-refractivity contribution in [1.29, 1.82) is 5.41 Å². The smallest absolute Gasteiger partial charge is 0.260 e. The Labute approximate surface area is 187 Å². The second kappa shape index (κ2) is 6.66. The molecular formula is C22H24F4N6O. The molecule has 11 heteroatoms. The van der Waals surface area contributed by atoms with E-state index < -0.39 is 29.6 Å². The molecule has 0 unspecified atom stereocenters. The number of pyridine rings is 1. The number of rotatable bonds is 4. The second-order valence-corrected chi connectivity index (χ2v) is 10.2. The van der Waals surface area contributed by atoms with Crippen LogP contribution in [0.2, 0.25) is 0 Å². The number of halogens is 4. The fourth-order valence-electron chi connectivity index (χ4n) is 5.48. The summed E-state index contributed by atoms with van der Waals surface area (Å²) in [5.41, 5.74) is 1.57. The van der Waals surface area contributed by atoms with Crippen LogP contribution in [0.15, 0.2) is 18.2 Å². The first-order valence-corrected chi connectivity index (χ1v) is 11.3. The lowest BCUT2D eigenvalue weighted by Crippen LogP contribution is -2.60. The summed E-state index contributed by atoms with van der Waals surface area (Å²) in [6.07, 6.45) is 2.92. The molecule has 4 fully saturated rings. The van der Waals surface area contributed by atoms with Crippen LogP contribution in [0.25, 0.3) is 5.65 Å². The molecule has 4 aliphatic rings. The zero-order chi connectivity index (χ0) is 23.2. The minimum Gasteiger partial charge on any atom is -0.341 e. The first kappa shape index (κ1) is 20.9. The van der Waals surface area contributed by atoms with Gasteiger partial charge in [-0.1, -0.05) is 6.07 Å². The number of alkyl halides is 4. The highest BCUT2D eigenvalue weighted by atomic mass is 19.3. The fourth-order valence-corrected chi connectivity index (χ4v) is 5.48. The standard InChI is InChI=1S/C22H24F4N6O/c23-21(24)8-13(21)17(27)29-19-28-16-3-1-2-15(32(16)30-19)12-4-6-20(7-5-12)10-31(11-20)18(33)14-9-22(14,25)26/h1-3,12-14H,4-11H2,(H2,27,29,30)/t13-,14-/m0/s1. The van der Waals surface area contributed by atoms with Gasteiger partial charge in [-0.15, -0.1) is 5.10 Å². The quantitative estimate of drug-likeness (QED) is 0.408. The van der Waals surface area contributed by atoms with Crippen molar-refractivity contribution in [1.82, 2.24) is 19.5 Å². The van der Waals surface area contributed by atoms with Gasteiger partial charge < -0.3 is 10.2 Å². The largest absolute Gasteiger partial charge is 0.341 e. The van der Waals surface area contributed by atoms with Gasteiger partial charge in [-0.2, -0.15) is 4.98 Å². The first-order valence-electron chi connectivity index (χ1n) is 11.3. The van der Waals surface area contributed by atoms with Crippen molar-refractivity contribution < 1.29 is 22.4 Å². The molecule has 33 heavy (non-hydrogen) atoms. The average molecular weight is 464 g/mol. The van der Waals surface area contributed by atoms with Crippen LogP contribution in [0.3, 0.4) is 0 Å². The predicted molar refractivity (Wildman–Crippen MR) is 111 cm³/mol. The Balaban J connectivity index is 1.10. The third-order valence-electron chi connectivity index (χ3n) is 7.76. The Morgan fingerprint density at radius 2 is 1.70 bits per heavy atom. The number of nitrogens with zero attached hydrogens (tertiary/aromatic N) is 4. The van der Waals surface area contributed by atoms with Crippen molar-refractivity contribution in [3.05, 3.63) is 23.9 Å². The predicted octanol–water partition coefficient (Wildman–Crippen LogP) is 3.92. The second-order valence-electron chi connectivity index (χ2n) is 10.2. The lowest BCUT2D eigenvalue weighted by atomic mass is 9.65. The van der Waals surface area contributed by atoms with E-state index in [1.54, 1.807) is 15.5 Å². The zero-order valence-electron chi connectivity index (χ0n) is 17.8. The highest BCUT2D eigenvalue weighted by Crippen LogP contribution is 2.53. The molecule has 0 aromatic carbocycles. The summed E-state index contributed by atoms with van der Waals surface area (Å²) in [5, 5.41) is 14.9. The number of hydrogen-bond donors (Lipinski definition) is 2. The van der Waals surface area contributed by atoms with Crippen molar-refractivity contribution in [2.75, 3.05) is 18.4 Å². The first-order chi connectivity index (χ1) is 15.6. The molecule has 6 rings (SSSR count). The van der Waals surface area contributed by atoms with Crippen molar-refractivity contribution in [3.63, 3.8) is 0 Å². The summed E-state index contributed by atoms with van der Waals surface area (Å²) in [5.74, 6) is -8.19. The molecule has 2 atom stereocenters. The van der Waals surface area contributed by atoms with Crippen molar-refractivity contribution in [2.24, 2.45) is 17.3 Å². The zero-order valence-corrected chi connectivity index (χ0v) is 17.8. The van der Waals surface area contributed by atoms with Crippen LogP contribution in [-0.2, 0) is 4.79 Å². The van der Waals surface area contributed by atoms with Crippen molar-refractivity contribution in [3.8, 4) is 0 Å². The van der Waals surface area contributed by atoms with Crippen LogP contribution in [0.4, 0.5) is 23.5 Å². The number of aromatic nitrogens is 3. The fraction of sp³-hybridized carbons (Fsp3) is 0.636. The molecule has 0 radical (unpaired) electrons. The monoisotopic (exact) mass is 464 g/mol. The number of carbonyl (C=O) groups is 1. The summed E-state index contributed by atoms with van der Waals surface area (Å²) < 4.78 is 54.6. The molecule has 1 spiro atoms. The maximum atomic E-state index is 13.2. The minimum absolute atomic E-state index is 0.0177. The number of hydrogen-bond acceptors (Lipinski definition) is 4. The van der Waals surface area contributed by atoms with E-state index in [-0.39, 0.29) is 36.0 Å². The van der Waals surface area contributed by atoms with E-state index in [0.717, 1.165) is 31.4 Å². The number of nitrogens with one attached hydrogen (secondary N) is 2. The third kappa shape index (κ3) is 3.47. The van der Waals surface area contributed by atoms with Crippen LogP contribution in [-0.4, -0.2) is 56.2 Å². The number of fused-ring (bicyclic) bond motifs is 1. The number of likely N-dealkylation sites (tertiary alicyclic amines) is 1. The molecule has 3 aliphatic carbocycles. The molecule has 0 bridgehead atoms. The minimum atomic E-state index is -2.83. The van der Waals surface area contributed by atoms with Gasteiger partial charge in [0.15, 0.2) is 5.65 Å². The third-order valence-corrected chi connectivity index (χ3v) is 7.76. The Morgan fingerprint density at radius 1 is 1.06 bits per heavy atom. The van der Waals surface area contributed by atoms with E-state index in [1.807, 2.05) is 12.1 Å². The van der Waals surface area contributed by atoms with Gasteiger partial charge >= 0.3 is 0 Å². The Kier molecular flexibility index (Phi) is 4.21. The molecule has 2 aromatic rings. The van der Waals surface area contributed by atoms with Gasteiger partial charge in [0.05, 0.1) is 5.92 Å². The van der Waals surface area contributed by atoms with E-state index in [9.17, 15) is 22.4 Å². The van der Waals surface area contributed by atoms with Crippen LogP contribution >= 0.6 is 0 Å². The van der Waals surface area contributed by atoms with Gasteiger partial charge in [0.2, 0.25) is 11.9 Å². The molecule has 1 saturated heterocycles. The van der Waals surface area contributed by atoms with Gasteiger partial charge in [0.1, 0.15) is 11.8 Å². The van der Waals surface area contributed by atoms with E-state index in [1.165, 1.54) is 0 Å². The molecule has 1 amide bonds. The number of anilines is 1. The SMILES string of the molecule is N=C(Nc1nc2cccc(C3CCC4(CC3)CN(C(=O)[C@@H]3CC3(F)F)C4)n2n1)[C@@H]1CC1(F)F. The van der Waals surface area contributed by atoms with E-state index in [2.05, 4.69) is 15.4 Å². The van der Waals surface area contributed by atoms with Crippen LogP contribution in [0.1, 0.15) is 50.1 Å². The van der Waals surface area contributed by atoms with Gasteiger partial charge in [-0.3, -0.25) is 10.2 Å². The van der Waals surface area contributed by atoms with Crippen LogP contribution in [0.5, 0.6) is 0 Å². The van der Waals surface area contributed by atoms with Crippen molar-refractivity contribution >= 4 is 23.3 Å². The van der Waals surface area contributed by atoms with E-state index >= 15 is 0 Å². The lowest BCUT2D eigenvalue weighted by molar-refractivity contribution is -0.149. The summed E-state index contributed by atoms with van der Waals surface area (Å²) in [6, 6.07) is 5.64. The van der Waals surface area contributed by atoms with Gasteiger partial charge in [-0.25, -0.2) is 22.1 Å². The Bertz CT molecular complexity index is 1150. The van der Waals surface area contributed by atoms with Gasteiger partial charge in [0, 0.05) is 43.0 Å². The highest BCUT2D eigenvalue weighted by Gasteiger charge is 2.64. The average Bonchev–Trinajstić information content (AvgIpc) is 3.51. The Morgan fingerprint density at radius 3 is 2.30 bits per heavy atom. The number of amides is 1. The molecule has 1 aliphatic heterocycles. The van der Waals surface area contributed by atoms with E-state index in [0.29, 0.717) is 18.7 Å². The topological polar surface area (TPSA) is 86.4 Å². The maximum Gasteiger partial charge on any atom is 0.260 e. The summed E-state index contributed by atoms with van der Waals surface area (Å²) >= 11 is 0. The number of amidine groups is 1. The van der Waals surface area contributed by atoms with Gasteiger partial charge in [0.25, 0.3) is 11.8 Å². The molecule has 3 heterocycles. The normalized spacial score (nSPS) is 29.0. The molecule has 3 saturated carbocycles. The summed E-state index contributed by atoms with van der Waals surface area (Å²) in [7, 11) is 0. The molecular weight excluding hydrogens is 440 g/mol. The Hall–Kier alpha value is -2.72. The van der Waals surface area contributed by atoms with E-state index in [4.69, 9.17) is 5.41 Å². The molecule has 2 N–H and O–H groups in total. The lowest BCUT2D eigenvalue weighted by Gasteiger charge is -2.53. The number of carbonyl (C=O) groups excluding carboxylic acids is 1. The summed E-state index contributed by atoms with van der Waals surface area (Å²) in [6.45, 7) is 1.11. The van der Waals surface area contributed by atoms with Crippen LogP contribution < -0.4 is 5.32 Å². The highest BCUT2D eigenvalue weighted by molar-refractivity contribution is 5.96. The van der Waals surface area contributed by atoms with Crippen molar-refractivity contribution in [2.45, 2.75) is 56.3 Å². The van der Waals surface area contributed by atoms with Gasteiger partial charge in [-0.05, 0) is 37.8 Å².